The Kier molecular flexibility index (Phi) is 5.55. The molecule has 110 valence electrons. The molecule has 0 heterocycles. The summed E-state index contributed by atoms with van der Waals surface area (Å²) in [7, 11) is 0. The van der Waals surface area contributed by atoms with Crippen LogP contribution in [0.5, 0.6) is 5.75 Å². The van der Waals surface area contributed by atoms with Gasteiger partial charge < -0.3 is 15.3 Å². The van der Waals surface area contributed by atoms with Gasteiger partial charge in [0.1, 0.15) is 5.75 Å². The smallest absolute Gasteiger partial charge is 0.258 e. The highest BCUT2D eigenvalue weighted by Gasteiger charge is 2.17. The van der Waals surface area contributed by atoms with Gasteiger partial charge >= 0.3 is 0 Å². The summed E-state index contributed by atoms with van der Waals surface area (Å²) in [6.07, 6.45) is 0.854. The van der Waals surface area contributed by atoms with Gasteiger partial charge in [-0.05, 0) is 57.0 Å². The summed E-state index contributed by atoms with van der Waals surface area (Å²) in [6, 6.07) is 7.03. The molecule has 1 aromatic rings. The zero-order valence-electron chi connectivity index (χ0n) is 12.4. The van der Waals surface area contributed by atoms with E-state index in [4.69, 9.17) is 9.94 Å². The van der Waals surface area contributed by atoms with Crippen molar-refractivity contribution in [1.29, 1.82) is 0 Å². The third kappa shape index (κ3) is 4.91. The molecule has 1 rings (SSSR count). The van der Waals surface area contributed by atoms with Gasteiger partial charge in [0.15, 0.2) is 6.61 Å². The van der Waals surface area contributed by atoms with Gasteiger partial charge in [-0.1, -0.05) is 12.1 Å². The molecular formula is C15H22N2O3. The van der Waals surface area contributed by atoms with Crippen LogP contribution in [0, 0.1) is 0 Å². The molecule has 0 radical (unpaired) electrons. The molecule has 0 bridgehead atoms. The van der Waals surface area contributed by atoms with Gasteiger partial charge in [-0.2, -0.15) is 0 Å². The molecular weight excluding hydrogens is 256 g/mol. The Labute approximate surface area is 119 Å². The summed E-state index contributed by atoms with van der Waals surface area (Å²) in [4.78, 5) is 11.7. The minimum atomic E-state index is -0.223. The van der Waals surface area contributed by atoms with Crippen LogP contribution < -0.4 is 10.1 Å². The molecule has 0 unspecified atom stereocenters. The summed E-state index contributed by atoms with van der Waals surface area (Å²) < 4.78 is 5.41. The molecule has 5 nitrogen and oxygen atoms in total. The van der Waals surface area contributed by atoms with Crippen LogP contribution in [0.1, 0.15) is 39.7 Å². The number of hydrogen-bond acceptors (Lipinski definition) is 4. The molecule has 0 aliphatic rings. The lowest BCUT2D eigenvalue weighted by Gasteiger charge is -2.24. The molecule has 0 spiro atoms. The maximum Gasteiger partial charge on any atom is 0.258 e. The van der Waals surface area contributed by atoms with Gasteiger partial charge in [-0.15, -0.1) is 0 Å². The molecule has 0 saturated heterocycles. The lowest BCUT2D eigenvalue weighted by molar-refractivity contribution is -0.124. The number of amides is 1. The van der Waals surface area contributed by atoms with Gasteiger partial charge in [0.25, 0.3) is 5.91 Å². The Bertz CT molecular complexity index is 478. The second-order valence-corrected chi connectivity index (χ2v) is 5.28. The van der Waals surface area contributed by atoms with Crippen molar-refractivity contribution in [1.82, 2.24) is 5.32 Å². The first-order valence-electron chi connectivity index (χ1n) is 6.61. The molecule has 2 N–H and O–H groups in total. The minimum absolute atomic E-state index is 0.0180. The third-order valence-electron chi connectivity index (χ3n) is 3.15. The molecule has 0 atom stereocenters. The van der Waals surface area contributed by atoms with Crippen LogP contribution in [0.3, 0.4) is 0 Å². The molecule has 20 heavy (non-hydrogen) atoms. The van der Waals surface area contributed by atoms with Crippen molar-refractivity contribution in [2.45, 2.75) is 39.7 Å². The Balaban J connectivity index is 2.52. The fraction of sp³-hybridized carbons (Fsp3) is 0.467. The fourth-order valence-electron chi connectivity index (χ4n) is 1.50. The second-order valence-electron chi connectivity index (χ2n) is 5.28. The Morgan fingerprint density at radius 3 is 2.45 bits per heavy atom. The van der Waals surface area contributed by atoms with Crippen LogP contribution >= 0.6 is 0 Å². The summed E-state index contributed by atoms with van der Waals surface area (Å²) in [5.41, 5.74) is 1.11. The van der Waals surface area contributed by atoms with Crippen molar-refractivity contribution < 1.29 is 14.7 Å². The monoisotopic (exact) mass is 278 g/mol. The number of benzene rings is 1. The SMILES string of the molecule is CCC(C)(C)NC(=O)COc1ccc(C(C)=NO)cc1. The van der Waals surface area contributed by atoms with E-state index in [2.05, 4.69) is 10.5 Å². The van der Waals surface area contributed by atoms with E-state index >= 15 is 0 Å². The van der Waals surface area contributed by atoms with Crippen LogP contribution in [0.15, 0.2) is 29.4 Å². The molecule has 0 aliphatic heterocycles. The Morgan fingerprint density at radius 1 is 1.35 bits per heavy atom. The topological polar surface area (TPSA) is 70.9 Å². The summed E-state index contributed by atoms with van der Waals surface area (Å²) in [5, 5.41) is 14.7. The number of nitrogens with one attached hydrogen (secondary N) is 1. The fourth-order valence-corrected chi connectivity index (χ4v) is 1.50. The number of oxime groups is 1. The molecule has 0 saturated carbocycles. The van der Waals surface area contributed by atoms with Crippen molar-refractivity contribution in [3.8, 4) is 5.75 Å². The Morgan fingerprint density at radius 2 is 1.95 bits per heavy atom. The normalized spacial score (nSPS) is 12.1. The summed E-state index contributed by atoms with van der Waals surface area (Å²) in [5.74, 6) is 0.456. The second kappa shape index (κ2) is 6.93. The first-order valence-corrected chi connectivity index (χ1v) is 6.61. The quantitative estimate of drug-likeness (QED) is 0.477. The van der Waals surface area contributed by atoms with Crippen LogP contribution in [-0.2, 0) is 4.79 Å². The van der Waals surface area contributed by atoms with Crippen molar-refractivity contribution in [3.63, 3.8) is 0 Å². The average molecular weight is 278 g/mol. The van der Waals surface area contributed by atoms with E-state index in [9.17, 15) is 4.79 Å². The molecule has 0 aromatic heterocycles. The molecule has 5 heteroatoms. The van der Waals surface area contributed by atoms with Crippen molar-refractivity contribution in [3.05, 3.63) is 29.8 Å². The molecule has 1 aromatic carbocycles. The van der Waals surface area contributed by atoms with Gasteiger partial charge in [0, 0.05) is 5.54 Å². The van der Waals surface area contributed by atoms with E-state index in [-0.39, 0.29) is 18.1 Å². The maximum atomic E-state index is 11.7. The number of carbonyl (C=O) groups is 1. The van der Waals surface area contributed by atoms with Crippen molar-refractivity contribution in [2.24, 2.45) is 5.16 Å². The largest absolute Gasteiger partial charge is 0.484 e. The highest BCUT2D eigenvalue weighted by Crippen LogP contribution is 2.13. The van der Waals surface area contributed by atoms with E-state index in [1.807, 2.05) is 20.8 Å². The van der Waals surface area contributed by atoms with Crippen molar-refractivity contribution >= 4 is 11.6 Å². The Hall–Kier alpha value is -2.04. The lowest BCUT2D eigenvalue weighted by atomic mass is 10.0. The number of hydrogen-bond donors (Lipinski definition) is 2. The van der Waals surface area contributed by atoms with Crippen LogP contribution in [0.2, 0.25) is 0 Å². The first kappa shape index (κ1) is 16.0. The number of rotatable bonds is 6. The van der Waals surface area contributed by atoms with E-state index in [0.717, 1.165) is 12.0 Å². The van der Waals surface area contributed by atoms with Crippen LogP contribution in [0.4, 0.5) is 0 Å². The van der Waals surface area contributed by atoms with E-state index < -0.39 is 0 Å². The molecule has 0 aliphatic carbocycles. The van der Waals surface area contributed by atoms with Crippen molar-refractivity contribution in [2.75, 3.05) is 6.61 Å². The van der Waals surface area contributed by atoms with E-state index in [0.29, 0.717) is 11.5 Å². The minimum Gasteiger partial charge on any atom is -0.484 e. The summed E-state index contributed by atoms with van der Waals surface area (Å²) >= 11 is 0. The standard InChI is InChI=1S/C15H22N2O3/c1-5-15(3,4)16-14(18)10-20-13-8-6-12(7-9-13)11(2)17-19/h6-9,19H,5,10H2,1-4H3,(H,16,18). The highest BCUT2D eigenvalue weighted by atomic mass is 16.5. The number of ether oxygens (including phenoxy) is 1. The molecule has 0 fully saturated rings. The maximum absolute atomic E-state index is 11.7. The number of carbonyl (C=O) groups excluding carboxylic acids is 1. The predicted octanol–water partition coefficient (Wildman–Crippen LogP) is 2.57. The first-order chi connectivity index (χ1) is 9.38. The van der Waals surface area contributed by atoms with Gasteiger partial charge in [0.2, 0.25) is 0 Å². The predicted molar refractivity (Wildman–Crippen MR) is 78.4 cm³/mol. The summed E-state index contributed by atoms with van der Waals surface area (Å²) in [6.45, 7) is 7.64. The lowest BCUT2D eigenvalue weighted by Crippen LogP contribution is -2.44. The van der Waals surface area contributed by atoms with Crippen LogP contribution in [0.25, 0.3) is 0 Å². The van der Waals surface area contributed by atoms with E-state index in [1.54, 1.807) is 31.2 Å². The van der Waals surface area contributed by atoms with Gasteiger partial charge in [-0.25, -0.2) is 0 Å². The number of nitrogens with zero attached hydrogens (tertiary/aromatic N) is 1. The molecule has 1 amide bonds. The van der Waals surface area contributed by atoms with Gasteiger partial charge in [0.05, 0.1) is 5.71 Å². The highest BCUT2D eigenvalue weighted by molar-refractivity contribution is 5.98. The van der Waals surface area contributed by atoms with Gasteiger partial charge in [-0.3, -0.25) is 4.79 Å². The zero-order valence-corrected chi connectivity index (χ0v) is 12.4. The van der Waals surface area contributed by atoms with Crippen LogP contribution in [-0.4, -0.2) is 29.0 Å². The zero-order chi connectivity index (χ0) is 15.2. The van der Waals surface area contributed by atoms with E-state index in [1.165, 1.54) is 0 Å². The average Bonchev–Trinajstić information content (AvgIpc) is 2.44. The third-order valence-corrected chi connectivity index (χ3v) is 3.15.